The van der Waals surface area contributed by atoms with Crippen molar-refractivity contribution in [1.82, 2.24) is 19.9 Å². The van der Waals surface area contributed by atoms with Crippen molar-refractivity contribution in [3.63, 3.8) is 0 Å². The quantitative estimate of drug-likeness (QED) is 0.804. The minimum Gasteiger partial charge on any atom is -0.469 e. The van der Waals surface area contributed by atoms with Crippen LogP contribution in [0.1, 0.15) is 27.5 Å². The number of nitrogens with zero attached hydrogens (tertiary/aromatic N) is 3. The van der Waals surface area contributed by atoms with Gasteiger partial charge in [0.1, 0.15) is 5.76 Å². The van der Waals surface area contributed by atoms with E-state index >= 15 is 0 Å². The number of carbonyl (C=O) groups is 1. The highest BCUT2D eigenvalue weighted by Crippen LogP contribution is 2.29. The van der Waals surface area contributed by atoms with Crippen molar-refractivity contribution in [3.8, 4) is 0 Å². The third-order valence-corrected chi connectivity index (χ3v) is 3.31. The molecule has 3 heterocycles. The first kappa shape index (κ1) is 15.1. The van der Waals surface area contributed by atoms with Gasteiger partial charge >= 0.3 is 6.18 Å². The first-order valence-electron chi connectivity index (χ1n) is 6.59. The van der Waals surface area contributed by atoms with Gasteiger partial charge in [0.2, 0.25) is 0 Å². The molecular weight excluding hydrogens is 313 g/mol. The molecule has 0 saturated carbocycles. The maximum absolute atomic E-state index is 12.8. The lowest BCUT2D eigenvalue weighted by Crippen LogP contribution is -2.24. The SMILES string of the molecule is Cc1occc1C(=O)NCc1nnc2ccc(C(F)(F)F)cn12. The molecule has 0 aliphatic heterocycles. The minimum absolute atomic E-state index is 0.0636. The molecule has 3 aromatic rings. The lowest BCUT2D eigenvalue weighted by molar-refractivity contribution is -0.137. The van der Waals surface area contributed by atoms with E-state index in [1.54, 1.807) is 6.92 Å². The average molecular weight is 324 g/mol. The lowest BCUT2D eigenvalue weighted by Gasteiger charge is -2.08. The zero-order chi connectivity index (χ0) is 16.6. The van der Waals surface area contributed by atoms with Gasteiger partial charge in [0, 0.05) is 6.20 Å². The van der Waals surface area contributed by atoms with Crippen LogP contribution in [0.15, 0.2) is 35.1 Å². The summed E-state index contributed by atoms with van der Waals surface area (Å²) in [7, 11) is 0. The van der Waals surface area contributed by atoms with Crippen molar-refractivity contribution in [2.45, 2.75) is 19.6 Å². The number of nitrogens with one attached hydrogen (secondary N) is 1. The number of hydrogen-bond acceptors (Lipinski definition) is 4. The van der Waals surface area contributed by atoms with Crippen LogP contribution in [0.25, 0.3) is 5.65 Å². The lowest BCUT2D eigenvalue weighted by atomic mass is 10.2. The minimum atomic E-state index is -4.47. The van der Waals surface area contributed by atoms with Gasteiger partial charge in [-0.2, -0.15) is 13.2 Å². The molecular formula is C14H11F3N4O2. The second kappa shape index (κ2) is 5.41. The number of halogens is 3. The number of pyridine rings is 1. The van der Waals surface area contributed by atoms with Crippen LogP contribution in [-0.2, 0) is 12.7 Å². The predicted octanol–water partition coefficient (Wildman–Crippen LogP) is 2.58. The van der Waals surface area contributed by atoms with Crippen LogP contribution < -0.4 is 5.32 Å². The Bertz CT molecular complexity index is 866. The Morgan fingerprint density at radius 2 is 2.09 bits per heavy atom. The predicted molar refractivity (Wildman–Crippen MR) is 72.6 cm³/mol. The molecule has 23 heavy (non-hydrogen) atoms. The van der Waals surface area contributed by atoms with Crippen LogP contribution in [0.5, 0.6) is 0 Å². The van der Waals surface area contributed by atoms with Crippen molar-refractivity contribution < 1.29 is 22.4 Å². The van der Waals surface area contributed by atoms with Crippen molar-refractivity contribution >= 4 is 11.6 Å². The summed E-state index contributed by atoms with van der Waals surface area (Å²) in [4.78, 5) is 12.0. The topological polar surface area (TPSA) is 72.4 Å². The molecule has 0 spiro atoms. The normalized spacial score (nSPS) is 11.8. The van der Waals surface area contributed by atoms with Gasteiger partial charge in [0.05, 0.1) is 23.9 Å². The van der Waals surface area contributed by atoms with Gasteiger partial charge in [-0.3, -0.25) is 9.20 Å². The van der Waals surface area contributed by atoms with Crippen molar-refractivity contribution in [1.29, 1.82) is 0 Å². The number of amides is 1. The fourth-order valence-electron chi connectivity index (χ4n) is 2.10. The Morgan fingerprint density at radius 1 is 1.30 bits per heavy atom. The fraction of sp³-hybridized carbons (Fsp3) is 0.214. The molecule has 0 bridgehead atoms. The fourth-order valence-corrected chi connectivity index (χ4v) is 2.10. The van der Waals surface area contributed by atoms with Crippen LogP contribution in [0.2, 0.25) is 0 Å². The maximum atomic E-state index is 12.8. The zero-order valence-electron chi connectivity index (χ0n) is 11.9. The van der Waals surface area contributed by atoms with Gasteiger partial charge < -0.3 is 9.73 Å². The number of carbonyl (C=O) groups excluding carboxylic acids is 1. The number of alkyl halides is 3. The van der Waals surface area contributed by atoms with Gasteiger partial charge in [0.25, 0.3) is 5.91 Å². The number of aromatic nitrogens is 3. The summed E-state index contributed by atoms with van der Waals surface area (Å²) in [5.74, 6) is 0.244. The van der Waals surface area contributed by atoms with E-state index in [-0.39, 0.29) is 18.0 Å². The Morgan fingerprint density at radius 3 is 2.74 bits per heavy atom. The molecule has 0 aliphatic carbocycles. The van der Waals surface area contributed by atoms with Gasteiger partial charge in [-0.1, -0.05) is 0 Å². The van der Waals surface area contributed by atoms with Crippen LogP contribution >= 0.6 is 0 Å². The van der Waals surface area contributed by atoms with E-state index in [1.165, 1.54) is 22.8 Å². The highest BCUT2D eigenvalue weighted by Gasteiger charge is 2.31. The number of hydrogen-bond donors (Lipinski definition) is 1. The first-order valence-corrected chi connectivity index (χ1v) is 6.59. The molecule has 0 aromatic carbocycles. The molecule has 0 radical (unpaired) electrons. The van der Waals surface area contributed by atoms with Crippen LogP contribution in [0.4, 0.5) is 13.2 Å². The maximum Gasteiger partial charge on any atom is 0.417 e. The molecule has 0 aliphatic rings. The van der Waals surface area contributed by atoms with E-state index in [4.69, 9.17) is 4.42 Å². The Labute approximate surface area is 127 Å². The summed E-state index contributed by atoms with van der Waals surface area (Å²) in [6.45, 7) is 1.57. The largest absolute Gasteiger partial charge is 0.469 e. The number of furan rings is 1. The van der Waals surface area contributed by atoms with Crippen LogP contribution in [0.3, 0.4) is 0 Å². The Hall–Kier alpha value is -2.84. The molecule has 9 heteroatoms. The smallest absolute Gasteiger partial charge is 0.417 e. The van der Waals surface area contributed by atoms with Crippen molar-refractivity contribution in [2.75, 3.05) is 0 Å². The van der Waals surface area contributed by atoms with Crippen LogP contribution in [0, 0.1) is 6.92 Å². The molecule has 0 atom stereocenters. The summed E-state index contributed by atoms with van der Waals surface area (Å²) in [5.41, 5.74) is -0.195. The monoisotopic (exact) mass is 324 g/mol. The molecule has 6 nitrogen and oxygen atoms in total. The van der Waals surface area contributed by atoms with Crippen LogP contribution in [-0.4, -0.2) is 20.5 Å². The van der Waals surface area contributed by atoms with Gasteiger partial charge in [0.15, 0.2) is 11.5 Å². The summed E-state index contributed by atoms with van der Waals surface area (Å²) in [6, 6.07) is 3.66. The summed E-state index contributed by atoms with van der Waals surface area (Å²) in [5, 5.41) is 10.2. The second-order valence-corrected chi connectivity index (χ2v) is 4.83. The van der Waals surface area contributed by atoms with E-state index in [1.807, 2.05) is 0 Å². The van der Waals surface area contributed by atoms with E-state index in [0.29, 0.717) is 11.3 Å². The summed E-state index contributed by atoms with van der Waals surface area (Å²) >= 11 is 0. The van der Waals surface area contributed by atoms with Gasteiger partial charge in [-0.05, 0) is 25.1 Å². The van der Waals surface area contributed by atoms with E-state index < -0.39 is 17.6 Å². The van der Waals surface area contributed by atoms with Gasteiger partial charge in [-0.15, -0.1) is 10.2 Å². The Balaban J connectivity index is 1.83. The average Bonchev–Trinajstić information content (AvgIpc) is 3.09. The molecule has 3 rings (SSSR count). The van der Waals surface area contributed by atoms with Crippen molar-refractivity contribution in [3.05, 3.63) is 53.4 Å². The standard InChI is InChI=1S/C14H11F3N4O2/c1-8-10(4-5-23-8)13(22)18-6-12-20-19-11-3-2-9(7-21(11)12)14(15,16)17/h2-5,7H,6H2,1H3,(H,18,22). The third-order valence-electron chi connectivity index (χ3n) is 3.31. The van der Waals surface area contributed by atoms with Gasteiger partial charge in [-0.25, -0.2) is 0 Å². The molecule has 0 fully saturated rings. The van der Waals surface area contributed by atoms with E-state index in [9.17, 15) is 18.0 Å². The zero-order valence-corrected chi connectivity index (χ0v) is 11.9. The van der Waals surface area contributed by atoms with E-state index in [2.05, 4.69) is 15.5 Å². The molecule has 120 valence electrons. The molecule has 3 aromatic heterocycles. The number of fused-ring (bicyclic) bond motifs is 1. The second-order valence-electron chi connectivity index (χ2n) is 4.83. The third kappa shape index (κ3) is 2.89. The number of rotatable bonds is 3. The number of aryl methyl sites for hydroxylation is 1. The first-order chi connectivity index (χ1) is 10.9. The molecule has 1 N–H and O–H groups in total. The van der Waals surface area contributed by atoms with E-state index in [0.717, 1.165) is 12.3 Å². The van der Waals surface area contributed by atoms with Crippen molar-refractivity contribution in [2.24, 2.45) is 0 Å². The molecule has 0 unspecified atom stereocenters. The highest BCUT2D eigenvalue weighted by atomic mass is 19.4. The Kier molecular flexibility index (Phi) is 3.55. The molecule has 1 amide bonds. The summed E-state index contributed by atoms with van der Waals surface area (Å²) in [6.07, 6.45) is -2.18. The summed E-state index contributed by atoms with van der Waals surface area (Å²) < 4.78 is 44.5. The highest BCUT2D eigenvalue weighted by molar-refractivity contribution is 5.94. The molecule has 0 saturated heterocycles.